The van der Waals surface area contributed by atoms with Crippen LogP contribution in [0.4, 0.5) is 0 Å². The van der Waals surface area contributed by atoms with Crippen LogP contribution in [-0.2, 0) is 17.9 Å². The third-order valence-corrected chi connectivity index (χ3v) is 6.76. The standard InChI is InChI=1S/C28H40N4OS/c1-28(2,3)25(26(33)32(4)20-22-15-9-6-10-16-22)31-27(34)30-24-18-12-11-17-23(24)29-19-21-13-7-5-8-14-21/h5-10,13-16,23-25,29H,11-12,17-20H2,1-4H3,(H2,30,31,34)/t23-,24-,25+/m0/s1. The molecule has 3 N–H and O–H groups in total. The summed E-state index contributed by atoms with van der Waals surface area (Å²) in [5, 5.41) is 11.2. The lowest BCUT2D eigenvalue weighted by molar-refractivity contribution is -0.134. The summed E-state index contributed by atoms with van der Waals surface area (Å²) < 4.78 is 0. The van der Waals surface area contributed by atoms with Crippen LogP contribution in [0.2, 0.25) is 0 Å². The van der Waals surface area contributed by atoms with Crippen LogP contribution in [0, 0.1) is 5.41 Å². The molecule has 184 valence electrons. The van der Waals surface area contributed by atoms with Crippen LogP contribution in [0.5, 0.6) is 0 Å². The molecule has 0 bridgehead atoms. The van der Waals surface area contributed by atoms with Crippen LogP contribution in [0.3, 0.4) is 0 Å². The zero-order valence-corrected chi connectivity index (χ0v) is 21.8. The second-order valence-corrected chi connectivity index (χ2v) is 10.9. The lowest BCUT2D eigenvalue weighted by atomic mass is 9.85. The molecule has 0 heterocycles. The first kappa shape index (κ1) is 26.2. The topological polar surface area (TPSA) is 56.4 Å². The Bertz CT molecular complexity index is 913. The Morgan fingerprint density at radius 3 is 2.12 bits per heavy atom. The molecule has 6 heteroatoms. The summed E-state index contributed by atoms with van der Waals surface area (Å²) in [6.45, 7) is 7.64. The average Bonchev–Trinajstić information content (AvgIpc) is 2.82. The van der Waals surface area contributed by atoms with Gasteiger partial charge in [0.1, 0.15) is 6.04 Å². The Hall–Kier alpha value is -2.44. The van der Waals surface area contributed by atoms with Gasteiger partial charge in [-0.05, 0) is 41.6 Å². The van der Waals surface area contributed by atoms with Crippen molar-refractivity contribution < 1.29 is 4.79 Å². The van der Waals surface area contributed by atoms with E-state index in [1.165, 1.54) is 18.4 Å². The van der Waals surface area contributed by atoms with E-state index in [-0.39, 0.29) is 17.4 Å². The third-order valence-electron chi connectivity index (χ3n) is 6.52. The van der Waals surface area contributed by atoms with E-state index in [1.54, 1.807) is 4.90 Å². The van der Waals surface area contributed by atoms with Crippen molar-refractivity contribution in [1.29, 1.82) is 0 Å². The van der Waals surface area contributed by atoms with Crippen LogP contribution in [0.15, 0.2) is 60.7 Å². The lowest BCUT2D eigenvalue weighted by Gasteiger charge is -2.37. The number of amides is 1. The highest BCUT2D eigenvalue weighted by Crippen LogP contribution is 2.23. The van der Waals surface area contributed by atoms with E-state index in [0.29, 0.717) is 17.7 Å². The van der Waals surface area contributed by atoms with Crippen LogP contribution in [0.1, 0.15) is 57.6 Å². The number of carbonyl (C=O) groups is 1. The second-order valence-electron chi connectivity index (χ2n) is 10.5. The van der Waals surface area contributed by atoms with E-state index in [9.17, 15) is 4.79 Å². The van der Waals surface area contributed by atoms with Gasteiger partial charge in [-0.3, -0.25) is 4.79 Å². The summed E-state index contributed by atoms with van der Waals surface area (Å²) in [6.07, 6.45) is 4.59. The van der Waals surface area contributed by atoms with Gasteiger partial charge in [0.2, 0.25) is 5.91 Å². The van der Waals surface area contributed by atoms with Crippen molar-refractivity contribution in [3.63, 3.8) is 0 Å². The SMILES string of the molecule is CN(Cc1ccccc1)C(=O)[C@@H](NC(=S)N[C@H]1CCCC[C@@H]1NCc1ccccc1)C(C)(C)C. The third kappa shape index (κ3) is 7.81. The van der Waals surface area contributed by atoms with Crippen molar-refractivity contribution in [1.82, 2.24) is 20.9 Å². The minimum Gasteiger partial charge on any atom is -0.358 e. The van der Waals surface area contributed by atoms with E-state index < -0.39 is 6.04 Å². The summed E-state index contributed by atoms with van der Waals surface area (Å²) >= 11 is 5.73. The maximum absolute atomic E-state index is 13.4. The Morgan fingerprint density at radius 2 is 1.53 bits per heavy atom. The molecule has 1 saturated carbocycles. The molecular formula is C28H40N4OS. The van der Waals surface area contributed by atoms with Gasteiger partial charge < -0.3 is 20.9 Å². The number of likely N-dealkylation sites (N-methyl/N-ethyl adjacent to an activating group) is 1. The van der Waals surface area contributed by atoms with Gasteiger partial charge in [0.15, 0.2) is 5.11 Å². The number of nitrogens with one attached hydrogen (secondary N) is 3. The predicted octanol–water partition coefficient (Wildman–Crippen LogP) is 4.62. The molecule has 34 heavy (non-hydrogen) atoms. The van der Waals surface area contributed by atoms with Crippen molar-refractivity contribution in [2.24, 2.45) is 5.41 Å². The number of thiocarbonyl (C=S) groups is 1. The second kappa shape index (κ2) is 12.3. The van der Waals surface area contributed by atoms with Gasteiger partial charge in [-0.1, -0.05) is 94.3 Å². The molecule has 1 fully saturated rings. The molecule has 0 radical (unpaired) electrons. The molecule has 0 aliphatic heterocycles. The molecule has 2 aromatic rings. The van der Waals surface area contributed by atoms with Crippen LogP contribution in [-0.4, -0.2) is 41.1 Å². The quantitative estimate of drug-likeness (QED) is 0.481. The van der Waals surface area contributed by atoms with Gasteiger partial charge in [0.25, 0.3) is 0 Å². The first-order valence-electron chi connectivity index (χ1n) is 12.4. The van der Waals surface area contributed by atoms with E-state index in [1.807, 2.05) is 43.4 Å². The maximum atomic E-state index is 13.4. The highest BCUT2D eigenvalue weighted by Gasteiger charge is 2.35. The predicted molar refractivity (Wildman–Crippen MR) is 144 cm³/mol. The fourth-order valence-electron chi connectivity index (χ4n) is 4.54. The van der Waals surface area contributed by atoms with Crippen molar-refractivity contribution in [2.75, 3.05) is 7.05 Å². The zero-order chi connectivity index (χ0) is 24.6. The summed E-state index contributed by atoms with van der Waals surface area (Å²) in [7, 11) is 1.86. The number of nitrogens with zero attached hydrogens (tertiary/aromatic N) is 1. The Kier molecular flexibility index (Phi) is 9.48. The lowest BCUT2D eigenvalue weighted by Crippen LogP contribution is -2.59. The van der Waals surface area contributed by atoms with E-state index >= 15 is 0 Å². The summed E-state index contributed by atoms with van der Waals surface area (Å²) in [5.41, 5.74) is 2.11. The monoisotopic (exact) mass is 480 g/mol. The van der Waals surface area contributed by atoms with Gasteiger partial charge >= 0.3 is 0 Å². The summed E-state index contributed by atoms with van der Waals surface area (Å²) in [6, 6.07) is 20.7. The molecule has 5 nitrogen and oxygen atoms in total. The van der Waals surface area contributed by atoms with E-state index in [2.05, 4.69) is 61.0 Å². The summed E-state index contributed by atoms with van der Waals surface area (Å²) in [5.74, 6) is 0.0444. The highest BCUT2D eigenvalue weighted by atomic mass is 32.1. The number of hydrogen-bond acceptors (Lipinski definition) is 3. The highest BCUT2D eigenvalue weighted by molar-refractivity contribution is 7.80. The fourth-order valence-corrected chi connectivity index (χ4v) is 4.81. The maximum Gasteiger partial charge on any atom is 0.245 e. The number of rotatable bonds is 8. The number of hydrogen-bond donors (Lipinski definition) is 3. The molecular weight excluding hydrogens is 440 g/mol. The van der Waals surface area contributed by atoms with E-state index in [0.717, 1.165) is 24.9 Å². The van der Waals surface area contributed by atoms with Crippen molar-refractivity contribution in [3.05, 3.63) is 71.8 Å². The van der Waals surface area contributed by atoms with Gasteiger partial charge in [-0.2, -0.15) is 0 Å². The number of carbonyl (C=O) groups excluding carboxylic acids is 1. The largest absolute Gasteiger partial charge is 0.358 e. The molecule has 2 aromatic carbocycles. The van der Waals surface area contributed by atoms with Gasteiger partial charge in [0.05, 0.1) is 0 Å². The molecule has 0 unspecified atom stereocenters. The first-order valence-corrected chi connectivity index (χ1v) is 12.8. The van der Waals surface area contributed by atoms with Gasteiger partial charge in [0, 0.05) is 32.2 Å². The minimum atomic E-state index is -0.416. The molecule has 0 saturated heterocycles. The molecule has 0 spiro atoms. The molecule has 1 aliphatic rings. The van der Waals surface area contributed by atoms with Crippen LogP contribution in [0.25, 0.3) is 0 Å². The van der Waals surface area contributed by atoms with Crippen LogP contribution >= 0.6 is 12.2 Å². The van der Waals surface area contributed by atoms with Crippen LogP contribution < -0.4 is 16.0 Å². The molecule has 3 atom stereocenters. The Morgan fingerprint density at radius 1 is 0.971 bits per heavy atom. The Balaban J connectivity index is 1.60. The van der Waals surface area contributed by atoms with Gasteiger partial charge in [-0.25, -0.2) is 0 Å². The molecule has 0 aromatic heterocycles. The first-order chi connectivity index (χ1) is 16.2. The fraction of sp³-hybridized carbons (Fsp3) is 0.500. The van der Waals surface area contributed by atoms with Crippen molar-refractivity contribution in [3.8, 4) is 0 Å². The smallest absolute Gasteiger partial charge is 0.245 e. The number of benzene rings is 2. The minimum absolute atomic E-state index is 0.0444. The average molecular weight is 481 g/mol. The molecule has 3 rings (SSSR count). The van der Waals surface area contributed by atoms with Crippen molar-refractivity contribution >= 4 is 23.2 Å². The molecule has 1 aliphatic carbocycles. The van der Waals surface area contributed by atoms with Crippen molar-refractivity contribution in [2.45, 2.75) is 77.7 Å². The normalized spacial score (nSPS) is 19.2. The zero-order valence-electron chi connectivity index (χ0n) is 21.0. The molecule has 1 amide bonds. The van der Waals surface area contributed by atoms with E-state index in [4.69, 9.17) is 12.2 Å². The summed E-state index contributed by atoms with van der Waals surface area (Å²) in [4.78, 5) is 15.2. The van der Waals surface area contributed by atoms with Gasteiger partial charge in [-0.15, -0.1) is 0 Å². The Labute approximate surface area is 210 Å².